The second-order valence-electron chi connectivity index (χ2n) is 4.88. The average molecular weight is 300 g/mol. The Balaban J connectivity index is 2.56. The van der Waals surface area contributed by atoms with Crippen LogP contribution in [0.4, 0.5) is 11.4 Å². The smallest absolute Gasteiger partial charge is 0.239 e. The predicted molar refractivity (Wildman–Crippen MR) is 74.9 cm³/mol. The molecule has 1 rings (SSSR count). The van der Waals surface area contributed by atoms with Gasteiger partial charge in [-0.05, 0) is 39.0 Å². The highest BCUT2D eigenvalue weighted by molar-refractivity contribution is 9.10. The summed E-state index contributed by atoms with van der Waals surface area (Å²) in [5.74, 6) is -0.0584. The molecule has 0 bridgehead atoms. The van der Waals surface area contributed by atoms with E-state index in [1.165, 1.54) is 0 Å². The Morgan fingerprint density at radius 3 is 2.65 bits per heavy atom. The van der Waals surface area contributed by atoms with Crippen LogP contribution in [-0.4, -0.2) is 18.0 Å². The topological polar surface area (TPSA) is 67.2 Å². The highest BCUT2D eigenvalue weighted by atomic mass is 79.9. The van der Waals surface area contributed by atoms with Crippen molar-refractivity contribution in [3.63, 3.8) is 0 Å². The van der Waals surface area contributed by atoms with Gasteiger partial charge >= 0.3 is 0 Å². The van der Waals surface area contributed by atoms with Crippen molar-refractivity contribution in [3.8, 4) is 0 Å². The van der Waals surface area contributed by atoms with Crippen molar-refractivity contribution in [2.75, 3.05) is 17.6 Å². The van der Waals surface area contributed by atoms with Gasteiger partial charge in [-0.15, -0.1) is 0 Å². The number of nitrogen functional groups attached to an aromatic ring is 1. The van der Waals surface area contributed by atoms with Crippen LogP contribution < -0.4 is 16.4 Å². The number of anilines is 2. The van der Waals surface area contributed by atoms with Crippen molar-refractivity contribution < 1.29 is 4.79 Å². The molecule has 0 radical (unpaired) electrons. The van der Waals surface area contributed by atoms with Gasteiger partial charge in [-0.3, -0.25) is 4.79 Å². The number of benzene rings is 1. The summed E-state index contributed by atoms with van der Waals surface area (Å²) in [5.41, 5.74) is 6.94. The lowest BCUT2D eigenvalue weighted by atomic mass is 10.1. The van der Waals surface area contributed by atoms with E-state index in [1.54, 1.807) is 6.07 Å². The molecule has 0 spiro atoms. The molecule has 0 saturated carbocycles. The van der Waals surface area contributed by atoms with Gasteiger partial charge < -0.3 is 16.4 Å². The summed E-state index contributed by atoms with van der Waals surface area (Å²) >= 11 is 3.36. The first-order valence-corrected chi connectivity index (χ1v) is 6.17. The molecule has 1 aromatic rings. The van der Waals surface area contributed by atoms with Gasteiger partial charge in [0.05, 0.1) is 17.9 Å². The normalized spacial score (nSPS) is 11.1. The second-order valence-corrected chi connectivity index (χ2v) is 5.80. The monoisotopic (exact) mass is 299 g/mol. The molecular weight excluding hydrogens is 282 g/mol. The minimum absolute atomic E-state index is 0.0584. The van der Waals surface area contributed by atoms with Crippen LogP contribution in [0.2, 0.25) is 0 Å². The maximum atomic E-state index is 11.6. The molecule has 0 unspecified atom stereocenters. The lowest BCUT2D eigenvalue weighted by Gasteiger charge is -2.21. The molecule has 5 heteroatoms. The van der Waals surface area contributed by atoms with E-state index in [0.29, 0.717) is 5.69 Å². The Morgan fingerprint density at radius 2 is 2.06 bits per heavy atom. The molecule has 17 heavy (non-hydrogen) atoms. The molecule has 0 saturated heterocycles. The van der Waals surface area contributed by atoms with Crippen LogP contribution in [0.5, 0.6) is 0 Å². The van der Waals surface area contributed by atoms with Gasteiger partial charge in [0.2, 0.25) is 5.91 Å². The molecule has 0 aromatic heterocycles. The lowest BCUT2D eigenvalue weighted by molar-refractivity contribution is -0.120. The van der Waals surface area contributed by atoms with Crippen LogP contribution in [-0.2, 0) is 4.79 Å². The molecular formula is C12H18BrN3O. The van der Waals surface area contributed by atoms with E-state index >= 15 is 0 Å². The largest absolute Gasteiger partial charge is 0.397 e. The van der Waals surface area contributed by atoms with Crippen LogP contribution in [0.1, 0.15) is 20.8 Å². The molecule has 0 aliphatic rings. The third kappa shape index (κ3) is 5.08. The van der Waals surface area contributed by atoms with Gasteiger partial charge in [-0.1, -0.05) is 15.9 Å². The van der Waals surface area contributed by atoms with Crippen molar-refractivity contribution in [1.29, 1.82) is 0 Å². The van der Waals surface area contributed by atoms with E-state index < -0.39 is 0 Å². The molecule has 0 aliphatic heterocycles. The van der Waals surface area contributed by atoms with Crippen molar-refractivity contribution >= 4 is 33.2 Å². The highest BCUT2D eigenvalue weighted by Crippen LogP contribution is 2.22. The SMILES string of the molecule is CC(C)(C)NC(=O)CNc1cc(Br)ccc1N. The van der Waals surface area contributed by atoms with Crippen LogP contribution in [0.3, 0.4) is 0 Å². The first-order chi connectivity index (χ1) is 7.78. The number of rotatable bonds is 3. The van der Waals surface area contributed by atoms with E-state index in [1.807, 2.05) is 32.9 Å². The van der Waals surface area contributed by atoms with Crippen molar-refractivity contribution in [2.24, 2.45) is 0 Å². The zero-order chi connectivity index (χ0) is 13.1. The lowest BCUT2D eigenvalue weighted by Crippen LogP contribution is -2.43. The molecule has 1 aromatic carbocycles. The molecule has 4 nitrogen and oxygen atoms in total. The average Bonchev–Trinajstić information content (AvgIpc) is 2.17. The highest BCUT2D eigenvalue weighted by Gasteiger charge is 2.13. The molecule has 0 fully saturated rings. The number of hydrogen-bond donors (Lipinski definition) is 3. The summed E-state index contributed by atoms with van der Waals surface area (Å²) < 4.78 is 0.922. The van der Waals surface area contributed by atoms with Crippen LogP contribution in [0.15, 0.2) is 22.7 Å². The molecule has 0 atom stereocenters. The van der Waals surface area contributed by atoms with E-state index in [4.69, 9.17) is 5.73 Å². The molecule has 94 valence electrons. The van der Waals surface area contributed by atoms with Crippen molar-refractivity contribution in [1.82, 2.24) is 5.32 Å². The van der Waals surface area contributed by atoms with E-state index in [2.05, 4.69) is 26.6 Å². The summed E-state index contributed by atoms with van der Waals surface area (Å²) in [6.45, 7) is 6.03. The minimum atomic E-state index is -0.221. The minimum Gasteiger partial charge on any atom is -0.397 e. The van der Waals surface area contributed by atoms with Crippen molar-refractivity contribution in [2.45, 2.75) is 26.3 Å². The van der Waals surface area contributed by atoms with Gasteiger partial charge in [0.1, 0.15) is 0 Å². The number of amides is 1. The number of carbonyl (C=O) groups excluding carboxylic acids is 1. The first kappa shape index (κ1) is 13.8. The van der Waals surface area contributed by atoms with Gasteiger partial charge in [0.25, 0.3) is 0 Å². The van der Waals surface area contributed by atoms with Gasteiger partial charge in [-0.2, -0.15) is 0 Å². The van der Waals surface area contributed by atoms with Crippen LogP contribution >= 0.6 is 15.9 Å². The third-order valence-corrected chi connectivity index (χ3v) is 2.46. The van der Waals surface area contributed by atoms with E-state index in [9.17, 15) is 4.79 Å². The van der Waals surface area contributed by atoms with E-state index in [0.717, 1.165) is 10.2 Å². The Labute approximate surface area is 110 Å². The summed E-state index contributed by atoms with van der Waals surface area (Å²) in [6.07, 6.45) is 0. The fourth-order valence-electron chi connectivity index (χ4n) is 1.32. The zero-order valence-corrected chi connectivity index (χ0v) is 11.9. The number of nitrogens with two attached hydrogens (primary N) is 1. The summed E-state index contributed by atoms with van der Waals surface area (Å²) in [6, 6.07) is 5.49. The van der Waals surface area contributed by atoms with Crippen molar-refractivity contribution in [3.05, 3.63) is 22.7 Å². The molecule has 1 amide bonds. The number of halogens is 1. The fourth-order valence-corrected chi connectivity index (χ4v) is 1.68. The Hall–Kier alpha value is -1.23. The summed E-state index contributed by atoms with van der Waals surface area (Å²) in [4.78, 5) is 11.6. The number of nitrogens with one attached hydrogen (secondary N) is 2. The maximum absolute atomic E-state index is 11.6. The van der Waals surface area contributed by atoms with Gasteiger partial charge in [0, 0.05) is 10.0 Å². The van der Waals surface area contributed by atoms with Crippen LogP contribution in [0.25, 0.3) is 0 Å². The summed E-state index contributed by atoms with van der Waals surface area (Å²) in [5, 5.41) is 5.88. The van der Waals surface area contributed by atoms with E-state index in [-0.39, 0.29) is 18.0 Å². The fraction of sp³-hybridized carbons (Fsp3) is 0.417. The quantitative estimate of drug-likeness (QED) is 0.751. The number of hydrogen-bond acceptors (Lipinski definition) is 3. The Morgan fingerprint density at radius 1 is 1.41 bits per heavy atom. The standard InChI is InChI=1S/C12H18BrN3O/c1-12(2,3)16-11(17)7-15-10-6-8(13)4-5-9(10)14/h4-6,15H,7,14H2,1-3H3,(H,16,17). The Bertz CT molecular complexity index is 413. The molecule has 0 heterocycles. The van der Waals surface area contributed by atoms with Gasteiger partial charge in [0.15, 0.2) is 0 Å². The molecule has 4 N–H and O–H groups in total. The van der Waals surface area contributed by atoms with Gasteiger partial charge in [-0.25, -0.2) is 0 Å². The first-order valence-electron chi connectivity index (χ1n) is 5.38. The Kier molecular flexibility index (Phi) is 4.40. The maximum Gasteiger partial charge on any atom is 0.239 e. The zero-order valence-electron chi connectivity index (χ0n) is 10.3. The van der Waals surface area contributed by atoms with Crippen LogP contribution in [0, 0.1) is 0 Å². The third-order valence-electron chi connectivity index (χ3n) is 1.97. The number of carbonyl (C=O) groups is 1. The molecule has 0 aliphatic carbocycles. The second kappa shape index (κ2) is 5.40. The predicted octanol–water partition coefficient (Wildman–Crippen LogP) is 2.36. The summed E-state index contributed by atoms with van der Waals surface area (Å²) in [7, 11) is 0.